The van der Waals surface area contributed by atoms with Gasteiger partial charge < -0.3 is 10.2 Å². The number of hydrogen-bond acceptors (Lipinski definition) is 5. The van der Waals surface area contributed by atoms with E-state index in [1.165, 1.54) is 18.2 Å². The Hall–Kier alpha value is -3.43. The van der Waals surface area contributed by atoms with E-state index in [0.29, 0.717) is 13.1 Å². The lowest BCUT2D eigenvalue weighted by molar-refractivity contribution is -0.132. The molecule has 1 aromatic heterocycles. The maximum absolute atomic E-state index is 14.4. The summed E-state index contributed by atoms with van der Waals surface area (Å²) in [6, 6.07) is 4.24. The van der Waals surface area contributed by atoms with Gasteiger partial charge in [-0.2, -0.15) is 10.2 Å². The number of aromatic nitrogens is 2. The lowest BCUT2D eigenvalue weighted by Gasteiger charge is -2.41. The van der Waals surface area contributed by atoms with Gasteiger partial charge in [0.2, 0.25) is 5.91 Å². The Balaban J connectivity index is 1.42. The van der Waals surface area contributed by atoms with Gasteiger partial charge in [0.05, 0.1) is 17.0 Å². The highest BCUT2D eigenvalue weighted by Gasteiger charge is 2.64. The molecule has 1 saturated heterocycles. The number of halogens is 2. The third-order valence-corrected chi connectivity index (χ3v) is 8.54. The summed E-state index contributed by atoms with van der Waals surface area (Å²) in [5, 5.41) is 13.5. The van der Waals surface area contributed by atoms with E-state index in [2.05, 4.69) is 34.7 Å². The minimum absolute atomic E-state index is 0.105. The fraction of sp³-hybridized carbons (Fsp3) is 0.500. The van der Waals surface area contributed by atoms with Crippen molar-refractivity contribution >= 4 is 17.8 Å². The van der Waals surface area contributed by atoms with Crippen molar-refractivity contribution in [1.29, 1.82) is 0 Å². The zero-order valence-electron chi connectivity index (χ0n) is 20.5. The number of likely N-dealkylation sites (N-methyl/N-ethyl adjacent to an activating group) is 1. The van der Waals surface area contributed by atoms with Gasteiger partial charge >= 0.3 is 6.03 Å². The second kappa shape index (κ2) is 8.60. The maximum atomic E-state index is 14.4. The van der Waals surface area contributed by atoms with Gasteiger partial charge in [-0.25, -0.2) is 13.6 Å². The molecule has 2 N–H and O–H groups in total. The van der Waals surface area contributed by atoms with E-state index in [-0.39, 0.29) is 41.3 Å². The van der Waals surface area contributed by atoms with Gasteiger partial charge in [0.1, 0.15) is 17.7 Å². The monoisotopic (exact) mass is 497 g/mol. The summed E-state index contributed by atoms with van der Waals surface area (Å²) in [6.07, 6.45) is 2.05. The largest absolute Gasteiger partial charge is 0.342 e. The fourth-order valence-corrected chi connectivity index (χ4v) is 6.43. The third kappa shape index (κ3) is 3.57. The van der Waals surface area contributed by atoms with Crippen LogP contribution in [0, 0.1) is 17.0 Å². The molecule has 190 valence electrons. The number of urea groups is 1. The summed E-state index contributed by atoms with van der Waals surface area (Å²) in [6.45, 7) is 7.14. The van der Waals surface area contributed by atoms with E-state index in [9.17, 15) is 23.2 Å². The van der Waals surface area contributed by atoms with Crippen LogP contribution in [0.5, 0.6) is 0 Å². The first-order valence-electron chi connectivity index (χ1n) is 12.3. The Kier molecular flexibility index (Phi) is 5.80. The topological polar surface area (TPSA) is 104 Å². The minimum Gasteiger partial charge on any atom is -0.342 e. The Morgan fingerprint density at radius 2 is 1.92 bits per heavy atom. The molecule has 0 spiro atoms. The summed E-state index contributed by atoms with van der Waals surface area (Å²) in [5.41, 5.74) is 1.02. The van der Waals surface area contributed by atoms with Crippen molar-refractivity contribution in [3.05, 3.63) is 47.2 Å². The van der Waals surface area contributed by atoms with Crippen LogP contribution in [-0.2, 0) is 15.0 Å². The highest BCUT2D eigenvalue weighted by atomic mass is 19.1. The molecule has 1 aromatic carbocycles. The van der Waals surface area contributed by atoms with E-state index in [0.717, 1.165) is 24.1 Å². The lowest BCUT2D eigenvalue weighted by Crippen LogP contribution is -2.48. The number of nitrogens with one attached hydrogen (secondary N) is 2. The Bertz CT molecular complexity index is 1250. The fourth-order valence-electron chi connectivity index (χ4n) is 6.43. The summed E-state index contributed by atoms with van der Waals surface area (Å²) >= 11 is 0. The van der Waals surface area contributed by atoms with Gasteiger partial charge in [-0.1, -0.05) is 19.9 Å². The van der Waals surface area contributed by atoms with Crippen LogP contribution in [0.3, 0.4) is 0 Å². The lowest BCUT2D eigenvalue weighted by atomic mass is 9.68. The molecule has 1 unspecified atom stereocenters. The Labute approximate surface area is 207 Å². The normalized spacial score (nSPS) is 25.5. The molecule has 1 saturated carbocycles. The summed E-state index contributed by atoms with van der Waals surface area (Å²) < 4.78 is 28.9. The average Bonchev–Trinajstić information content (AvgIpc) is 3.36. The summed E-state index contributed by atoms with van der Waals surface area (Å²) in [7, 11) is 0. The predicted molar refractivity (Wildman–Crippen MR) is 127 cm³/mol. The molecule has 2 aliphatic carbocycles. The van der Waals surface area contributed by atoms with Crippen molar-refractivity contribution < 1.29 is 23.2 Å². The smallest absolute Gasteiger partial charge is 0.322 e. The molecule has 2 heterocycles. The Morgan fingerprint density at radius 3 is 2.56 bits per heavy atom. The van der Waals surface area contributed by atoms with E-state index < -0.39 is 35.0 Å². The number of fused-ring (bicyclic) bond motifs is 5. The van der Waals surface area contributed by atoms with Crippen LogP contribution >= 0.6 is 0 Å². The zero-order valence-corrected chi connectivity index (χ0v) is 20.5. The van der Waals surface area contributed by atoms with E-state index in [1.807, 2.05) is 6.92 Å². The number of rotatable bonds is 7. The summed E-state index contributed by atoms with van der Waals surface area (Å²) in [5.74, 6) is -1.77. The molecule has 8 nitrogen and oxygen atoms in total. The average molecular weight is 498 g/mol. The second-order valence-corrected chi connectivity index (χ2v) is 10.5. The van der Waals surface area contributed by atoms with Crippen LogP contribution in [0.2, 0.25) is 0 Å². The van der Waals surface area contributed by atoms with Crippen molar-refractivity contribution in [3.63, 3.8) is 0 Å². The van der Waals surface area contributed by atoms with Crippen LogP contribution < -0.4 is 10.6 Å². The number of imide groups is 1. The predicted octanol–water partition coefficient (Wildman–Crippen LogP) is 3.41. The molecular formula is C26H29F2N5O3. The van der Waals surface area contributed by atoms with Crippen molar-refractivity contribution in [2.24, 2.45) is 5.41 Å². The number of hydrogen-bond donors (Lipinski definition) is 2. The highest BCUT2D eigenvalue weighted by molar-refractivity contribution is 6.04. The summed E-state index contributed by atoms with van der Waals surface area (Å²) in [4.78, 5) is 38.1. The number of benzene rings is 1. The van der Waals surface area contributed by atoms with Crippen LogP contribution in [0.4, 0.5) is 13.6 Å². The van der Waals surface area contributed by atoms with Crippen molar-refractivity contribution in [3.8, 4) is 11.3 Å². The quantitative estimate of drug-likeness (QED) is 0.571. The Morgan fingerprint density at radius 1 is 1.19 bits per heavy atom. The molecule has 5 rings (SSSR count). The third-order valence-electron chi connectivity index (χ3n) is 8.54. The second-order valence-electron chi connectivity index (χ2n) is 10.5. The van der Waals surface area contributed by atoms with Gasteiger partial charge in [-0.3, -0.25) is 14.9 Å². The first-order chi connectivity index (χ1) is 17.1. The molecule has 3 aliphatic rings. The molecule has 1 aliphatic heterocycles. The van der Waals surface area contributed by atoms with Crippen molar-refractivity contribution in [2.45, 2.75) is 63.8 Å². The standard InChI is InChI=1S/C26H29F2N5O3/c1-4-33(20(34)9-8-18-23(35)30-24(36)29-18)13-26-11-10-15(25(26,2)3)14-12-19(31-32-22(14)26)21-16(27)6-5-7-17(21)28/h5-7,12,15,18H,4,8-11,13H2,1-3H3,(H2,29,30,35,36)/t15-,18?,26-/m0/s1. The number of nitrogens with zero attached hydrogens (tertiary/aromatic N) is 3. The van der Waals surface area contributed by atoms with E-state index in [1.54, 1.807) is 11.0 Å². The molecular weight excluding hydrogens is 468 g/mol. The SMILES string of the molecule is CCN(C[C@@]12CC[C@@H](c3cc(-c4c(F)cccc4F)nnc31)C2(C)C)C(=O)CCC1NC(=O)NC1=O. The maximum Gasteiger partial charge on any atom is 0.322 e. The molecule has 10 heteroatoms. The number of carbonyl (C=O) groups is 3. The highest BCUT2D eigenvalue weighted by Crippen LogP contribution is 2.67. The molecule has 2 fully saturated rings. The number of amides is 4. The minimum atomic E-state index is -0.708. The van der Waals surface area contributed by atoms with Gasteiger partial charge in [-0.15, -0.1) is 0 Å². The van der Waals surface area contributed by atoms with Crippen LogP contribution in [-0.4, -0.2) is 52.1 Å². The van der Waals surface area contributed by atoms with Crippen molar-refractivity contribution in [1.82, 2.24) is 25.7 Å². The van der Waals surface area contributed by atoms with E-state index in [4.69, 9.17) is 0 Å². The van der Waals surface area contributed by atoms with Crippen LogP contribution in [0.25, 0.3) is 11.3 Å². The van der Waals surface area contributed by atoms with Crippen molar-refractivity contribution in [2.75, 3.05) is 13.1 Å². The van der Waals surface area contributed by atoms with E-state index >= 15 is 0 Å². The zero-order chi connectivity index (χ0) is 25.8. The molecule has 4 amide bonds. The van der Waals surface area contributed by atoms with Gasteiger partial charge in [0.15, 0.2) is 0 Å². The first kappa shape index (κ1) is 24.3. The molecule has 0 radical (unpaired) electrons. The van der Waals surface area contributed by atoms with Gasteiger partial charge in [-0.05, 0) is 61.3 Å². The first-order valence-corrected chi connectivity index (χ1v) is 12.3. The molecule has 3 atom stereocenters. The molecule has 2 bridgehead atoms. The van der Waals surface area contributed by atoms with Crippen LogP contribution in [0.1, 0.15) is 63.6 Å². The van der Waals surface area contributed by atoms with Crippen LogP contribution in [0.15, 0.2) is 24.3 Å². The molecule has 2 aromatic rings. The van der Waals surface area contributed by atoms with Gasteiger partial charge in [0, 0.05) is 24.9 Å². The number of carbonyl (C=O) groups excluding carboxylic acids is 3. The van der Waals surface area contributed by atoms with Gasteiger partial charge in [0.25, 0.3) is 5.91 Å². The molecule has 36 heavy (non-hydrogen) atoms.